The fourth-order valence-corrected chi connectivity index (χ4v) is 2.63. The van der Waals surface area contributed by atoms with Gasteiger partial charge in [-0.05, 0) is 31.0 Å². The summed E-state index contributed by atoms with van der Waals surface area (Å²) in [7, 11) is 0. The summed E-state index contributed by atoms with van der Waals surface area (Å²) in [6.45, 7) is 0.865. The highest BCUT2D eigenvalue weighted by atomic mass is 32.2. The van der Waals surface area contributed by atoms with E-state index in [0.717, 1.165) is 30.1 Å². The van der Waals surface area contributed by atoms with Gasteiger partial charge in [0.15, 0.2) is 0 Å². The number of rotatable bonds is 3. The van der Waals surface area contributed by atoms with Gasteiger partial charge in [0.1, 0.15) is 5.82 Å². The molecule has 1 saturated heterocycles. The maximum absolute atomic E-state index is 12.8. The van der Waals surface area contributed by atoms with Crippen LogP contribution >= 0.6 is 11.8 Å². The van der Waals surface area contributed by atoms with Crippen LogP contribution in [0.5, 0.6) is 0 Å². The molecule has 1 aliphatic heterocycles. The number of hydrogen-bond acceptors (Lipinski definition) is 3. The monoisotopic (exact) mass is 227 g/mol. The van der Waals surface area contributed by atoms with E-state index in [2.05, 4.69) is 0 Å². The Labute approximate surface area is 93.0 Å². The van der Waals surface area contributed by atoms with Crippen LogP contribution in [0.2, 0.25) is 0 Å². The molecular formula is C11H14FNOS. The largest absolute Gasteiger partial charge is 0.398 e. The Balaban J connectivity index is 1.92. The van der Waals surface area contributed by atoms with Crippen molar-refractivity contribution < 1.29 is 9.13 Å². The molecule has 4 heteroatoms. The van der Waals surface area contributed by atoms with Gasteiger partial charge >= 0.3 is 0 Å². The average Bonchev–Trinajstić information content (AvgIpc) is 2.69. The van der Waals surface area contributed by atoms with E-state index in [4.69, 9.17) is 10.5 Å². The Morgan fingerprint density at radius 1 is 1.53 bits per heavy atom. The molecule has 1 aromatic carbocycles. The van der Waals surface area contributed by atoms with Gasteiger partial charge < -0.3 is 10.5 Å². The maximum atomic E-state index is 12.8. The van der Waals surface area contributed by atoms with Crippen molar-refractivity contribution in [2.24, 2.45) is 0 Å². The summed E-state index contributed by atoms with van der Waals surface area (Å²) in [5, 5.41) is 0. The highest BCUT2D eigenvalue weighted by Crippen LogP contribution is 2.28. The van der Waals surface area contributed by atoms with E-state index in [-0.39, 0.29) is 5.82 Å². The number of anilines is 1. The van der Waals surface area contributed by atoms with Crippen molar-refractivity contribution in [2.75, 3.05) is 18.1 Å². The zero-order valence-electron chi connectivity index (χ0n) is 8.41. The Morgan fingerprint density at radius 3 is 3.07 bits per heavy atom. The van der Waals surface area contributed by atoms with Crippen LogP contribution in [0.25, 0.3) is 0 Å². The first-order valence-electron chi connectivity index (χ1n) is 5.05. The fourth-order valence-electron chi connectivity index (χ4n) is 1.61. The summed E-state index contributed by atoms with van der Waals surface area (Å²) in [6.07, 6.45) is 2.59. The Morgan fingerprint density at radius 2 is 2.40 bits per heavy atom. The fraction of sp³-hybridized carbons (Fsp3) is 0.455. The summed E-state index contributed by atoms with van der Waals surface area (Å²) in [5.41, 5.74) is 6.22. The second kappa shape index (κ2) is 4.86. The van der Waals surface area contributed by atoms with Gasteiger partial charge in [-0.25, -0.2) is 4.39 Å². The number of nitrogens with two attached hydrogens (primary N) is 1. The molecule has 15 heavy (non-hydrogen) atoms. The summed E-state index contributed by atoms with van der Waals surface area (Å²) in [5.74, 6) is 0.615. The van der Waals surface area contributed by atoms with E-state index < -0.39 is 0 Å². The van der Waals surface area contributed by atoms with Crippen LogP contribution in [-0.4, -0.2) is 18.5 Å². The number of ether oxygens (including phenoxy) is 1. The Kier molecular flexibility index (Phi) is 3.49. The summed E-state index contributed by atoms with van der Waals surface area (Å²) >= 11 is 1.64. The van der Waals surface area contributed by atoms with Crippen molar-refractivity contribution in [1.82, 2.24) is 0 Å². The molecule has 0 amide bonds. The van der Waals surface area contributed by atoms with Crippen molar-refractivity contribution in [2.45, 2.75) is 23.8 Å². The molecule has 1 fully saturated rings. The minimum Gasteiger partial charge on any atom is -0.398 e. The zero-order chi connectivity index (χ0) is 10.7. The normalized spacial score (nSPS) is 20.7. The second-order valence-electron chi connectivity index (χ2n) is 3.63. The molecule has 1 atom stereocenters. The van der Waals surface area contributed by atoms with Gasteiger partial charge in [0.25, 0.3) is 0 Å². The van der Waals surface area contributed by atoms with Crippen LogP contribution in [0.3, 0.4) is 0 Å². The number of nitrogen functional groups attached to an aromatic ring is 1. The Bertz CT molecular complexity index is 339. The number of thioether (sulfide) groups is 1. The van der Waals surface area contributed by atoms with Crippen LogP contribution < -0.4 is 5.73 Å². The van der Waals surface area contributed by atoms with Gasteiger partial charge in [-0.1, -0.05) is 0 Å². The second-order valence-corrected chi connectivity index (χ2v) is 4.69. The molecule has 0 aliphatic carbocycles. The third-order valence-electron chi connectivity index (χ3n) is 2.42. The van der Waals surface area contributed by atoms with Gasteiger partial charge in [-0.2, -0.15) is 0 Å². The third kappa shape index (κ3) is 2.86. The van der Waals surface area contributed by atoms with Crippen molar-refractivity contribution >= 4 is 17.4 Å². The smallest absolute Gasteiger partial charge is 0.125 e. The molecule has 82 valence electrons. The van der Waals surface area contributed by atoms with Crippen LogP contribution in [0.1, 0.15) is 12.8 Å². The first-order chi connectivity index (χ1) is 7.25. The topological polar surface area (TPSA) is 35.2 Å². The van der Waals surface area contributed by atoms with Crippen LogP contribution in [0, 0.1) is 5.82 Å². The molecule has 2 N–H and O–H groups in total. The van der Waals surface area contributed by atoms with Crippen molar-refractivity contribution in [3.05, 3.63) is 24.0 Å². The van der Waals surface area contributed by atoms with Crippen LogP contribution in [0.4, 0.5) is 10.1 Å². The SMILES string of the molecule is Nc1cc(F)ccc1SCC1CCCO1. The molecule has 2 rings (SSSR count). The molecule has 0 radical (unpaired) electrons. The molecule has 1 aliphatic rings. The predicted octanol–water partition coefficient (Wildman–Crippen LogP) is 2.68. The summed E-state index contributed by atoms with van der Waals surface area (Å²) < 4.78 is 18.3. The van der Waals surface area contributed by atoms with Gasteiger partial charge in [-0.15, -0.1) is 11.8 Å². The van der Waals surface area contributed by atoms with Crippen LogP contribution in [-0.2, 0) is 4.74 Å². The number of halogens is 1. The lowest BCUT2D eigenvalue weighted by atomic mass is 10.3. The molecular weight excluding hydrogens is 213 g/mol. The molecule has 2 nitrogen and oxygen atoms in total. The minimum atomic E-state index is -0.283. The van der Waals surface area contributed by atoms with Crippen molar-refractivity contribution in [3.8, 4) is 0 Å². The molecule has 1 heterocycles. The third-order valence-corrected chi connectivity index (χ3v) is 3.64. The predicted molar refractivity (Wildman–Crippen MR) is 60.5 cm³/mol. The first kappa shape index (κ1) is 10.8. The van der Waals surface area contributed by atoms with E-state index in [1.54, 1.807) is 17.8 Å². The lowest BCUT2D eigenvalue weighted by Gasteiger charge is -2.10. The Hall–Kier alpha value is -0.740. The lowest BCUT2D eigenvalue weighted by molar-refractivity contribution is 0.129. The summed E-state index contributed by atoms with van der Waals surface area (Å²) in [4.78, 5) is 0.937. The molecule has 0 aromatic heterocycles. The van der Waals surface area contributed by atoms with Crippen molar-refractivity contribution in [1.29, 1.82) is 0 Å². The quantitative estimate of drug-likeness (QED) is 0.637. The highest BCUT2D eigenvalue weighted by Gasteiger charge is 2.16. The number of benzene rings is 1. The first-order valence-corrected chi connectivity index (χ1v) is 6.03. The van der Waals surface area contributed by atoms with Gasteiger partial charge in [0, 0.05) is 22.9 Å². The van der Waals surface area contributed by atoms with Gasteiger partial charge in [0.05, 0.1) is 6.10 Å². The molecule has 1 aromatic rings. The molecule has 0 bridgehead atoms. The van der Waals surface area contributed by atoms with E-state index in [9.17, 15) is 4.39 Å². The van der Waals surface area contributed by atoms with E-state index in [0.29, 0.717) is 11.8 Å². The van der Waals surface area contributed by atoms with E-state index >= 15 is 0 Å². The van der Waals surface area contributed by atoms with Crippen LogP contribution in [0.15, 0.2) is 23.1 Å². The average molecular weight is 227 g/mol. The molecule has 1 unspecified atom stereocenters. The maximum Gasteiger partial charge on any atom is 0.125 e. The molecule has 0 saturated carbocycles. The number of hydrogen-bond donors (Lipinski definition) is 1. The minimum absolute atomic E-state index is 0.283. The molecule has 0 spiro atoms. The lowest BCUT2D eigenvalue weighted by Crippen LogP contribution is -2.08. The van der Waals surface area contributed by atoms with Crippen molar-refractivity contribution in [3.63, 3.8) is 0 Å². The summed E-state index contributed by atoms with van der Waals surface area (Å²) in [6, 6.07) is 4.52. The standard InChI is InChI=1S/C11H14FNOS/c12-8-3-4-11(10(13)6-8)15-7-9-2-1-5-14-9/h3-4,6,9H,1-2,5,7,13H2. The van der Waals surface area contributed by atoms with E-state index in [1.807, 2.05) is 0 Å². The van der Waals surface area contributed by atoms with E-state index in [1.165, 1.54) is 12.1 Å². The van der Waals surface area contributed by atoms with Gasteiger partial charge in [0.2, 0.25) is 0 Å². The highest BCUT2D eigenvalue weighted by molar-refractivity contribution is 7.99. The van der Waals surface area contributed by atoms with Gasteiger partial charge in [-0.3, -0.25) is 0 Å². The zero-order valence-corrected chi connectivity index (χ0v) is 9.23.